The second-order valence-corrected chi connectivity index (χ2v) is 11.7. The van der Waals surface area contributed by atoms with Crippen LogP contribution in [0.15, 0.2) is 41.3 Å². The first-order valence-corrected chi connectivity index (χ1v) is 14.0. The zero-order valence-electron chi connectivity index (χ0n) is 20.3. The molecule has 6 rings (SSSR count). The van der Waals surface area contributed by atoms with Crippen LogP contribution in [0.1, 0.15) is 19.3 Å². The Kier molecular flexibility index (Phi) is 6.16. The number of ether oxygens (including phenoxy) is 1. The van der Waals surface area contributed by atoms with Crippen LogP contribution in [0, 0.1) is 11.6 Å². The van der Waals surface area contributed by atoms with E-state index in [1.807, 2.05) is 0 Å². The zero-order valence-corrected chi connectivity index (χ0v) is 21.1. The van der Waals surface area contributed by atoms with E-state index in [0.717, 1.165) is 37.7 Å². The molecule has 196 valence electrons. The standard InChI is InChI=1S/C26H28F2N4O4S/c27-17-13-21(28)19-16-23(29-22(19)14-17)20-15-18(3-4-24(20)30-6-1-2-7-30)37(34,35)32-8-5-25(32)26(33)31-9-11-36-12-10-31/h3-4,13-16,25,29H,1-2,5-12H2. The number of carbonyl (C=O) groups excluding carboxylic acids is 1. The van der Waals surface area contributed by atoms with Crippen molar-refractivity contribution in [1.29, 1.82) is 0 Å². The average molecular weight is 531 g/mol. The van der Waals surface area contributed by atoms with E-state index in [2.05, 4.69) is 9.88 Å². The highest BCUT2D eigenvalue weighted by Crippen LogP contribution is 2.38. The zero-order chi connectivity index (χ0) is 25.7. The Hall–Kier alpha value is -3.02. The number of halogens is 2. The summed E-state index contributed by atoms with van der Waals surface area (Å²) in [6, 6.07) is 7.84. The van der Waals surface area contributed by atoms with E-state index in [-0.39, 0.29) is 22.7 Å². The number of anilines is 1. The van der Waals surface area contributed by atoms with Crippen molar-refractivity contribution in [2.75, 3.05) is 50.8 Å². The van der Waals surface area contributed by atoms with Gasteiger partial charge in [-0.25, -0.2) is 17.2 Å². The summed E-state index contributed by atoms with van der Waals surface area (Å²) in [7, 11) is -3.96. The molecule has 3 aliphatic rings. The number of aromatic nitrogens is 1. The molecule has 1 unspecified atom stereocenters. The fourth-order valence-corrected chi connectivity index (χ4v) is 7.11. The highest BCUT2D eigenvalue weighted by molar-refractivity contribution is 7.89. The predicted molar refractivity (Wildman–Crippen MR) is 135 cm³/mol. The number of nitrogens with one attached hydrogen (secondary N) is 1. The third-order valence-electron chi connectivity index (χ3n) is 7.54. The van der Waals surface area contributed by atoms with Gasteiger partial charge in [0.15, 0.2) is 0 Å². The van der Waals surface area contributed by atoms with E-state index in [0.29, 0.717) is 49.5 Å². The summed E-state index contributed by atoms with van der Waals surface area (Å²) >= 11 is 0. The molecular formula is C26H28F2N4O4S. The molecule has 37 heavy (non-hydrogen) atoms. The van der Waals surface area contributed by atoms with Gasteiger partial charge in [-0.2, -0.15) is 4.31 Å². The lowest BCUT2D eigenvalue weighted by atomic mass is 10.1. The van der Waals surface area contributed by atoms with Crippen LogP contribution in [0.2, 0.25) is 0 Å². The fourth-order valence-electron chi connectivity index (χ4n) is 5.46. The van der Waals surface area contributed by atoms with E-state index in [9.17, 15) is 22.0 Å². The molecule has 11 heteroatoms. The van der Waals surface area contributed by atoms with Crippen molar-refractivity contribution in [3.8, 4) is 11.3 Å². The van der Waals surface area contributed by atoms with E-state index in [1.54, 1.807) is 29.2 Å². The van der Waals surface area contributed by atoms with Crippen LogP contribution < -0.4 is 4.90 Å². The van der Waals surface area contributed by atoms with Crippen molar-refractivity contribution in [3.05, 3.63) is 48.0 Å². The lowest BCUT2D eigenvalue weighted by molar-refractivity contribution is -0.142. The number of amides is 1. The smallest absolute Gasteiger partial charge is 0.243 e. The first-order chi connectivity index (χ1) is 17.8. The minimum Gasteiger partial charge on any atom is -0.378 e. The summed E-state index contributed by atoms with van der Waals surface area (Å²) in [6.45, 7) is 3.71. The Morgan fingerprint density at radius 1 is 0.973 bits per heavy atom. The van der Waals surface area contributed by atoms with E-state index in [4.69, 9.17) is 4.74 Å². The van der Waals surface area contributed by atoms with Crippen molar-refractivity contribution < 1.29 is 26.7 Å². The number of rotatable bonds is 5. The Morgan fingerprint density at radius 3 is 2.43 bits per heavy atom. The van der Waals surface area contributed by atoms with Crippen molar-refractivity contribution in [1.82, 2.24) is 14.2 Å². The van der Waals surface area contributed by atoms with Crippen LogP contribution in [-0.4, -0.2) is 80.5 Å². The third-order valence-corrected chi connectivity index (χ3v) is 9.45. The molecular weight excluding hydrogens is 502 g/mol. The molecule has 3 saturated heterocycles. The van der Waals surface area contributed by atoms with Crippen LogP contribution in [0.4, 0.5) is 14.5 Å². The maximum Gasteiger partial charge on any atom is 0.243 e. The quantitative estimate of drug-likeness (QED) is 0.547. The Bertz CT molecular complexity index is 1460. The summed E-state index contributed by atoms with van der Waals surface area (Å²) in [5, 5.41) is 0.232. The van der Waals surface area contributed by atoms with Crippen LogP contribution in [0.5, 0.6) is 0 Å². The molecule has 0 radical (unpaired) electrons. The first-order valence-electron chi connectivity index (χ1n) is 12.6. The van der Waals surface area contributed by atoms with E-state index >= 15 is 0 Å². The van der Waals surface area contributed by atoms with Crippen molar-refractivity contribution in [3.63, 3.8) is 0 Å². The molecule has 1 aromatic heterocycles. The van der Waals surface area contributed by atoms with Crippen LogP contribution in [0.3, 0.4) is 0 Å². The molecule has 1 N–H and O–H groups in total. The highest BCUT2D eigenvalue weighted by Gasteiger charge is 2.44. The topological polar surface area (TPSA) is 86.0 Å². The molecule has 3 aromatic rings. The number of carbonyl (C=O) groups is 1. The molecule has 0 saturated carbocycles. The van der Waals surface area contributed by atoms with Gasteiger partial charge in [0.2, 0.25) is 15.9 Å². The summed E-state index contributed by atoms with van der Waals surface area (Å²) < 4.78 is 62.3. The molecule has 0 bridgehead atoms. The Labute approximate surface area is 213 Å². The van der Waals surface area contributed by atoms with Gasteiger partial charge >= 0.3 is 0 Å². The van der Waals surface area contributed by atoms with Crippen LogP contribution in [-0.2, 0) is 19.6 Å². The van der Waals surface area contributed by atoms with E-state index in [1.165, 1.54) is 10.4 Å². The maximum absolute atomic E-state index is 14.5. The van der Waals surface area contributed by atoms with Gasteiger partial charge in [0.25, 0.3) is 0 Å². The number of morpholine rings is 1. The van der Waals surface area contributed by atoms with Crippen LogP contribution in [0.25, 0.3) is 22.2 Å². The first kappa shape index (κ1) is 24.3. The van der Waals surface area contributed by atoms with Crippen molar-refractivity contribution in [2.24, 2.45) is 0 Å². The molecule has 8 nitrogen and oxygen atoms in total. The molecule has 3 fully saturated rings. The van der Waals surface area contributed by atoms with Gasteiger partial charge in [-0.3, -0.25) is 4.79 Å². The minimum absolute atomic E-state index is 0.0650. The SMILES string of the molecule is O=C(C1CCN1S(=O)(=O)c1ccc(N2CCCC2)c(-c2cc3c(F)cc(F)cc3[nH]2)c1)N1CCOCC1. The van der Waals surface area contributed by atoms with Gasteiger partial charge in [-0.05, 0) is 49.6 Å². The van der Waals surface area contributed by atoms with Crippen LogP contribution >= 0.6 is 0 Å². The second-order valence-electron chi connectivity index (χ2n) is 9.76. The van der Waals surface area contributed by atoms with Gasteiger partial charge in [0.05, 0.1) is 23.6 Å². The summed E-state index contributed by atoms with van der Waals surface area (Å²) in [6.07, 6.45) is 2.51. The number of nitrogens with zero attached hydrogens (tertiary/aromatic N) is 3. The molecule has 0 spiro atoms. The Morgan fingerprint density at radius 2 is 1.73 bits per heavy atom. The number of hydrogen-bond acceptors (Lipinski definition) is 5. The molecule has 0 aliphatic carbocycles. The van der Waals surface area contributed by atoms with Crippen molar-refractivity contribution >= 4 is 32.5 Å². The van der Waals surface area contributed by atoms with Gasteiger partial charge in [0.1, 0.15) is 17.7 Å². The molecule has 2 aromatic carbocycles. The molecule has 1 amide bonds. The van der Waals surface area contributed by atoms with Crippen molar-refractivity contribution in [2.45, 2.75) is 30.2 Å². The summed E-state index contributed by atoms with van der Waals surface area (Å²) in [5.41, 5.74) is 2.22. The second kappa shape index (κ2) is 9.38. The van der Waals surface area contributed by atoms with Gasteiger partial charge in [0, 0.05) is 61.1 Å². The fraction of sp³-hybridized carbons (Fsp3) is 0.423. The number of H-pyrrole nitrogens is 1. The number of benzene rings is 2. The monoisotopic (exact) mass is 530 g/mol. The lowest BCUT2D eigenvalue weighted by Gasteiger charge is -2.41. The number of aromatic amines is 1. The van der Waals surface area contributed by atoms with Gasteiger partial charge in [-0.15, -0.1) is 0 Å². The predicted octanol–water partition coefficient (Wildman–Crippen LogP) is 3.34. The number of fused-ring (bicyclic) bond motifs is 1. The Balaban J connectivity index is 1.38. The highest BCUT2D eigenvalue weighted by atomic mass is 32.2. The largest absolute Gasteiger partial charge is 0.378 e. The maximum atomic E-state index is 14.5. The normalized spacial score (nSPS) is 21.0. The summed E-state index contributed by atoms with van der Waals surface area (Å²) in [5.74, 6) is -1.57. The van der Waals surface area contributed by atoms with Gasteiger partial charge in [-0.1, -0.05) is 0 Å². The van der Waals surface area contributed by atoms with E-state index < -0.39 is 27.7 Å². The summed E-state index contributed by atoms with van der Waals surface area (Å²) in [4.78, 5) is 20.0. The molecule has 4 heterocycles. The average Bonchev–Trinajstić information content (AvgIpc) is 3.54. The third kappa shape index (κ3) is 4.28. The number of hydrogen-bond donors (Lipinski definition) is 1. The lowest BCUT2D eigenvalue weighted by Crippen LogP contribution is -2.60. The minimum atomic E-state index is -3.96. The molecule has 1 atom stereocenters. The van der Waals surface area contributed by atoms with Gasteiger partial charge < -0.3 is 19.5 Å². The molecule has 3 aliphatic heterocycles. The number of sulfonamides is 1.